The highest BCUT2D eigenvalue weighted by molar-refractivity contribution is 5.36. The molecular weight excluding hydrogens is 220 g/mol. The van der Waals surface area contributed by atoms with Crippen molar-refractivity contribution in [1.29, 1.82) is 0 Å². The molecule has 4 fully saturated rings. The van der Waals surface area contributed by atoms with E-state index in [1.165, 1.54) is 37.7 Å². The Bertz CT molecular complexity index is 462. The Balaban J connectivity index is 1.79. The topological polar surface area (TPSA) is 20.2 Å². The molecule has 0 aliphatic heterocycles. The number of rotatable bonds is 1. The van der Waals surface area contributed by atoms with Crippen LogP contribution >= 0.6 is 0 Å². The molecule has 2 atom stereocenters. The summed E-state index contributed by atoms with van der Waals surface area (Å²) in [5.41, 5.74) is 3.44. The molecule has 4 aliphatic carbocycles. The van der Waals surface area contributed by atoms with Crippen LogP contribution in [0.3, 0.4) is 0 Å². The van der Waals surface area contributed by atoms with E-state index in [2.05, 4.69) is 31.2 Å². The lowest BCUT2D eigenvalue weighted by atomic mass is 9.47. The quantitative estimate of drug-likeness (QED) is 0.800. The molecule has 1 N–H and O–H groups in total. The molecule has 1 aromatic carbocycles. The Morgan fingerprint density at radius 3 is 2.39 bits per heavy atom. The number of hydrogen-bond acceptors (Lipinski definition) is 1. The van der Waals surface area contributed by atoms with Gasteiger partial charge in [0.05, 0.1) is 6.10 Å². The zero-order chi connectivity index (χ0) is 12.3. The van der Waals surface area contributed by atoms with E-state index >= 15 is 0 Å². The van der Waals surface area contributed by atoms with Crippen LogP contribution in [0.2, 0.25) is 0 Å². The molecular formula is C17H22O. The fourth-order valence-corrected chi connectivity index (χ4v) is 5.50. The summed E-state index contributed by atoms with van der Waals surface area (Å²) in [5, 5.41) is 10.4. The number of hydrogen-bond donors (Lipinski definition) is 1. The molecule has 0 radical (unpaired) electrons. The minimum Gasteiger partial charge on any atom is -0.393 e. The maximum absolute atomic E-state index is 10.4. The fourth-order valence-electron chi connectivity index (χ4n) is 5.50. The van der Waals surface area contributed by atoms with Crippen molar-refractivity contribution < 1.29 is 5.11 Å². The summed E-state index contributed by atoms with van der Waals surface area (Å²) in [4.78, 5) is 0. The SMILES string of the molecule is Cc1ccccc1C12CC3CC(C1)C(O)C(C3)C2. The van der Waals surface area contributed by atoms with Gasteiger partial charge in [-0.3, -0.25) is 0 Å². The third kappa shape index (κ3) is 1.37. The van der Waals surface area contributed by atoms with E-state index < -0.39 is 0 Å². The highest BCUT2D eigenvalue weighted by Gasteiger charge is 2.55. The molecule has 2 unspecified atom stereocenters. The van der Waals surface area contributed by atoms with Gasteiger partial charge in [0.2, 0.25) is 0 Å². The maximum atomic E-state index is 10.4. The van der Waals surface area contributed by atoms with Crippen molar-refractivity contribution in [3.05, 3.63) is 35.4 Å². The van der Waals surface area contributed by atoms with Gasteiger partial charge >= 0.3 is 0 Å². The van der Waals surface area contributed by atoms with E-state index in [0.29, 0.717) is 17.3 Å². The van der Waals surface area contributed by atoms with Crippen molar-refractivity contribution in [2.45, 2.75) is 50.5 Å². The van der Waals surface area contributed by atoms with E-state index in [1.54, 1.807) is 5.56 Å². The van der Waals surface area contributed by atoms with Crippen molar-refractivity contribution in [3.63, 3.8) is 0 Å². The Morgan fingerprint density at radius 1 is 1.06 bits per heavy atom. The summed E-state index contributed by atoms with van der Waals surface area (Å²) < 4.78 is 0. The molecule has 0 saturated heterocycles. The summed E-state index contributed by atoms with van der Waals surface area (Å²) in [6.45, 7) is 2.25. The smallest absolute Gasteiger partial charge is 0.0597 e. The number of aliphatic hydroxyl groups excluding tert-OH is 1. The average molecular weight is 242 g/mol. The Kier molecular flexibility index (Phi) is 2.21. The molecule has 4 saturated carbocycles. The molecule has 1 nitrogen and oxygen atoms in total. The minimum atomic E-state index is -0.00121. The molecule has 1 aromatic rings. The van der Waals surface area contributed by atoms with Crippen LogP contribution in [0, 0.1) is 24.7 Å². The van der Waals surface area contributed by atoms with Gasteiger partial charge in [-0.2, -0.15) is 0 Å². The first-order valence-corrected chi connectivity index (χ1v) is 7.42. The van der Waals surface area contributed by atoms with Gasteiger partial charge in [-0.1, -0.05) is 24.3 Å². The second-order valence-electron chi connectivity index (χ2n) is 7.06. The summed E-state index contributed by atoms with van der Waals surface area (Å²) in [5.74, 6) is 2.04. The predicted octanol–water partition coefficient (Wildman–Crippen LogP) is 3.43. The van der Waals surface area contributed by atoms with Crippen LogP contribution in [0.4, 0.5) is 0 Å². The summed E-state index contributed by atoms with van der Waals surface area (Å²) >= 11 is 0. The number of benzene rings is 1. The first-order chi connectivity index (χ1) is 8.68. The van der Waals surface area contributed by atoms with Crippen LogP contribution in [-0.4, -0.2) is 11.2 Å². The van der Waals surface area contributed by atoms with Crippen molar-refractivity contribution in [2.75, 3.05) is 0 Å². The normalized spacial score (nSPS) is 45.4. The van der Waals surface area contributed by atoms with Gasteiger partial charge in [0.1, 0.15) is 0 Å². The zero-order valence-electron chi connectivity index (χ0n) is 11.1. The van der Waals surface area contributed by atoms with Crippen molar-refractivity contribution in [1.82, 2.24) is 0 Å². The van der Waals surface area contributed by atoms with Crippen molar-refractivity contribution >= 4 is 0 Å². The van der Waals surface area contributed by atoms with Crippen LogP contribution in [0.5, 0.6) is 0 Å². The lowest BCUT2D eigenvalue weighted by Crippen LogP contribution is -2.55. The second-order valence-corrected chi connectivity index (χ2v) is 7.06. The molecule has 5 rings (SSSR count). The third-order valence-electron chi connectivity index (χ3n) is 5.94. The molecule has 0 heterocycles. The molecule has 18 heavy (non-hydrogen) atoms. The van der Waals surface area contributed by atoms with Crippen molar-refractivity contribution in [3.8, 4) is 0 Å². The maximum Gasteiger partial charge on any atom is 0.0597 e. The minimum absolute atomic E-state index is 0.00121. The molecule has 1 heteroatoms. The molecule has 4 bridgehead atoms. The van der Waals surface area contributed by atoms with Gasteiger partial charge < -0.3 is 5.11 Å². The fraction of sp³-hybridized carbons (Fsp3) is 0.647. The van der Waals surface area contributed by atoms with E-state index in [-0.39, 0.29) is 6.10 Å². The van der Waals surface area contributed by atoms with E-state index in [1.807, 2.05) is 0 Å². The number of aryl methyl sites for hydroxylation is 1. The van der Waals surface area contributed by atoms with Crippen LogP contribution in [-0.2, 0) is 5.41 Å². The Labute approximate surface area is 109 Å². The van der Waals surface area contributed by atoms with Gasteiger partial charge in [0.15, 0.2) is 0 Å². The predicted molar refractivity (Wildman–Crippen MR) is 72.4 cm³/mol. The Morgan fingerprint density at radius 2 is 1.72 bits per heavy atom. The third-order valence-corrected chi connectivity index (χ3v) is 5.94. The highest BCUT2D eigenvalue weighted by Crippen LogP contribution is 2.61. The second kappa shape index (κ2) is 3.60. The number of aliphatic hydroxyl groups is 1. The lowest BCUT2D eigenvalue weighted by molar-refractivity contribution is -0.106. The highest BCUT2D eigenvalue weighted by atomic mass is 16.3. The van der Waals surface area contributed by atoms with Gasteiger partial charge in [-0.25, -0.2) is 0 Å². The standard InChI is InChI=1S/C17H22O/c1-11-4-2-3-5-15(11)17-8-12-6-13(9-17)16(18)14(7-12)10-17/h2-5,12-14,16,18H,6-10H2,1H3. The average Bonchev–Trinajstić information content (AvgIpc) is 2.35. The van der Waals surface area contributed by atoms with Gasteiger partial charge in [-0.05, 0) is 73.3 Å². The van der Waals surface area contributed by atoms with E-state index in [9.17, 15) is 5.11 Å². The molecule has 4 aliphatic rings. The van der Waals surface area contributed by atoms with Gasteiger partial charge in [-0.15, -0.1) is 0 Å². The summed E-state index contributed by atoms with van der Waals surface area (Å²) in [7, 11) is 0. The zero-order valence-corrected chi connectivity index (χ0v) is 11.1. The van der Waals surface area contributed by atoms with E-state index in [0.717, 1.165) is 5.92 Å². The van der Waals surface area contributed by atoms with Crippen LogP contribution in [0.25, 0.3) is 0 Å². The van der Waals surface area contributed by atoms with Crippen LogP contribution < -0.4 is 0 Å². The molecule has 0 spiro atoms. The van der Waals surface area contributed by atoms with Crippen LogP contribution in [0.1, 0.15) is 43.2 Å². The molecule has 96 valence electrons. The van der Waals surface area contributed by atoms with Crippen molar-refractivity contribution in [2.24, 2.45) is 17.8 Å². The van der Waals surface area contributed by atoms with Gasteiger partial charge in [0, 0.05) is 0 Å². The van der Waals surface area contributed by atoms with Crippen LogP contribution in [0.15, 0.2) is 24.3 Å². The molecule has 0 aromatic heterocycles. The largest absolute Gasteiger partial charge is 0.393 e. The van der Waals surface area contributed by atoms with Gasteiger partial charge in [0.25, 0.3) is 0 Å². The molecule has 0 amide bonds. The van der Waals surface area contributed by atoms with E-state index in [4.69, 9.17) is 0 Å². The Hall–Kier alpha value is -0.820. The monoisotopic (exact) mass is 242 g/mol. The lowest BCUT2D eigenvalue weighted by Gasteiger charge is -2.59. The first-order valence-electron chi connectivity index (χ1n) is 7.42. The first kappa shape index (κ1) is 11.0. The summed E-state index contributed by atoms with van der Waals surface area (Å²) in [6.07, 6.45) is 6.39. The summed E-state index contributed by atoms with van der Waals surface area (Å²) in [6, 6.07) is 8.94.